The molecule has 1 amide bonds. The molecule has 0 fully saturated rings. The highest BCUT2D eigenvalue weighted by Gasteiger charge is 2.19. The summed E-state index contributed by atoms with van der Waals surface area (Å²) in [6.45, 7) is 3.23. The van der Waals surface area contributed by atoms with Crippen molar-refractivity contribution in [2.24, 2.45) is 0 Å². The number of thioether (sulfide) groups is 1. The zero-order chi connectivity index (χ0) is 18.0. The molecular formula is C17H16N4O2S2. The van der Waals surface area contributed by atoms with E-state index in [0.29, 0.717) is 22.2 Å². The van der Waals surface area contributed by atoms with Crippen LogP contribution in [0.25, 0.3) is 10.2 Å². The number of hydrogen-bond acceptors (Lipinski definition) is 7. The van der Waals surface area contributed by atoms with E-state index in [9.17, 15) is 9.59 Å². The van der Waals surface area contributed by atoms with E-state index in [-0.39, 0.29) is 11.7 Å². The van der Waals surface area contributed by atoms with Gasteiger partial charge in [-0.1, -0.05) is 23.9 Å². The number of nitrogens with zero attached hydrogens (tertiary/aromatic N) is 2. The second-order valence-corrected chi connectivity index (χ2v) is 7.58. The molecule has 3 rings (SSSR count). The average molecular weight is 372 g/mol. The van der Waals surface area contributed by atoms with Crippen LogP contribution in [-0.2, 0) is 4.79 Å². The van der Waals surface area contributed by atoms with Crippen molar-refractivity contribution in [1.82, 2.24) is 9.97 Å². The quantitative estimate of drug-likeness (QED) is 0.403. The normalized spacial score (nSPS) is 12.1. The monoisotopic (exact) mass is 372 g/mol. The molecule has 1 aromatic carbocycles. The lowest BCUT2D eigenvalue weighted by molar-refractivity contribution is -0.115. The minimum Gasteiger partial charge on any atom is -0.383 e. The number of benzene rings is 1. The Bertz CT molecular complexity index is 955. The molecule has 0 bridgehead atoms. The van der Waals surface area contributed by atoms with Crippen LogP contribution in [0.15, 0.2) is 40.9 Å². The van der Waals surface area contributed by atoms with Crippen molar-refractivity contribution in [1.29, 1.82) is 0 Å². The van der Waals surface area contributed by atoms with Crippen molar-refractivity contribution in [3.05, 3.63) is 41.3 Å². The number of hydrogen-bond donors (Lipinski definition) is 2. The predicted octanol–water partition coefficient (Wildman–Crippen LogP) is 3.60. The molecule has 0 spiro atoms. The molecule has 1 unspecified atom stereocenters. The summed E-state index contributed by atoms with van der Waals surface area (Å²) in [5.74, 6) is 0.0749. The van der Waals surface area contributed by atoms with Crippen molar-refractivity contribution < 1.29 is 9.59 Å². The highest BCUT2D eigenvalue weighted by Crippen LogP contribution is 2.28. The second kappa shape index (κ2) is 7.20. The molecule has 0 aliphatic carbocycles. The lowest BCUT2D eigenvalue weighted by Gasteiger charge is -2.13. The molecule has 3 N–H and O–H groups in total. The number of carbonyl (C=O) groups excluding carboxylic acids is 2. The van der Waals surface area contributed by atoms with Gasteiger partial charge in [0, 0.05) is 5.56 Å². The zero-order valence-corrected chi connectivity index (χ0v) is 15.3. The summed E-state index contributed by atoms with van der Waals surface area (Å²) in [6.07, 6.45) is 0. The van der Waals surface area contributed by atoms with Crippen LogP contribution < -0.4 is 11.1 Å². The highest BCUT2D eigenvalue weighted by atomic mass is 32.2. The van der Waals surface area contributed by atoms with E-state index in [4.69, 9.17) is 5.73 Å². The van der Waals surface area contributed by atoms with Gasteiger partial charge in [0.25, 0.3) is 0 Å². The third-order valence-electron chi connectivity index (χ3n) is 3.55. The van der Waals surface area contributed by atoms with Crippen LogP contribution in [0.3, 0.4) is 0 Å². The van der Waals surface area contributed by atoms with Gasteiger partial charge in [-0.2, -0.15) is 0 Å². The van der Waals surface area contributed by atoms with Crippen LogP contribution in [0.1, 0.15) is 24.2 Å². The molecule has 3 aromatic rings. The van der Waals surface area contributed by atoms with Crippen LogP contribution in [0.2, 0.25) is 0 Å². The number of nitrogen functional groups attached to an aromatic ring is 1. The summed E-state index contributed by atoms with van der Waals surface area (Å²) in [5, 5.41) is 5.52. The Morgan fingerprint density at radius 3 is 2.76 bits per heavy atom. The Labute approximate surface area is 152 Å². The molecule has 6 nitrogen and oxygen atoms in total. The molecule has 128 valence electrons. The van der Waals surface area contributed by atoms with Gasteiger partial charge < -0.3 is 11.1 Å². The first-order valence-electron chi connectivity index (χ1n) is 7.54. The van der Waals surface area contributed by atoms with Gasteiger partial charge in [-0.15, -0.1) is 11.3 Å². The van der Waals surface area contributed by atoms with Gasteiger partial charge in [0.2, 0.25) is 5.91 Å². The molecule has 2 aromatic heterocycles. The molecule has 25 heavy (non-hydrogen) atoms. The Hall–Kier alpha value is -2.45. The summed E-state index contributed by atoms with van der Waals surface area (Å²) in [4.78, 5) is 33.6. The summed E-state index contributed by atoms with van der Waals surface area (Å²) in [6, 6.07) is 8.80. The number of anilines is 2. The number of aromatic nitrogens is 2. The van der Waals surface area contributed by atoms with Crippen LogP contribution in [0.4, 0.5) is 11.5 Å². The average Bonchev–Trinajstić information content (AvgIpc) is 3.04. The number of nitrogens with one attached hydrogen (secondary N) is 1. The van der Waals surface area contributed by atoms with E-state index in [1.165, 1.54) is 30.0 Å². The lowest BCUT2D eigenvalue weighted by Crippen LogP contribution is -2.23. The third-order valence-corrected chi connectivity index (χ3v) is 5.32. The molecular weight excluding hydrogens is 356 g/mol. The van der Waals surface area contributed by atoms with Gasteiger partial charge >= 0.3 is 0 Å². The molecule has 2 heterocycles. The molecule has 0 aliphatic heterocycles. The van der Waals surface area contributed by atoms with Crippen molar-refractivity contribution >= 4 is 56.5 Å². The number of rotatable bonds is 5. The first kappa shape index (κ1) is 17.4. The number of amides is 1. The Morgan fingerprint density at radius 2 is 2.00 bits per heavy atom. The maximum Gasteiger partial charge on any atom is 0.237 e. The van der Waals surface area contributed by atoms with Crippen molar-refractivity contribution in [3.63, 3.8) is 0 Å². The fourth-order valence-corrected chi connectivity index (χ4v) is 3.86. The number of Topliss-reactive ketones (excluding diaryl/α,β-unsaturated/α-hetero) is 1. The maximum absolute atomic E-state index is 12.5. The number of para-hydroxylation sites is 1. The van der Waals surface area contributed by atoms with Crippen molar-refractivity contribution in [3.8, 4) is 0 Å². The number of fused-ring (bicyclic) bond motifs is 1. The Balaban J connectivity index is 1.75. The number of carbonyl (C=O) groups is 2. The van der Waals surface area contributed by atoms with E-state index >= 15 is 0 Å². The predicted molar refractivity (Wildman–Crippen MR) is 102 cm³/mol. The summed E-state index contributed by atoms with van der Waals surface area (Å²) in [5.41, 5.74) is 6.92. The van der Waals surface area contributed by atoms with Gasteiger partial charge in [0.05, 0.1) is 16.3 Å². The Morgan fingerprint density at radius 1 is 1.24 bits per heavy atom. The molecule has 1 atom stereocenters. The van der Waals surface area contributed by atoms with E-state index in [2.05, 4.69) is 15.3 Å². The highest BCUT2D eigenvalue weighted by molar-refractivity contribution is 8.00. The zero-order valence-electron chi connectivity index (χ0n) is 13.6. The van der Waals surface area contributed by atoms with E-state index in [1.807, 2.05) is 11.4 Å². The van der Waals surface area contributed by atoms with Crippen LogP contribution in [-0.4, -0.2) is 26.9 Å². The molecule has 8 heteroatoms. The first-order valence-corrected chi connectivity index (χ1v) is 9.30. The third kappa shape index (κ3) is 3.80. The topological polar surface area (TPSA) is 98.0 Å². The fourth-order valence-electron chi connectivity index (χ4n) is 2.26. The summed E-state index contributed by atoms with van der Waals surface area (Å²) < 4.78 is 0. The van der Waals surface area contributed by atoms with Gasteiger partial charge in [-0.3, -0.25) is 9.59 Å². The molecule has 0 saturated heterocycles. The van der Waals surface area contributed by atoms with E-state index in [1.54, 1.807) is 31.2 Å². The van der Waals surface area contributed by atoms with Gasteiger partial charge in [-0.25, -0.2) is 9.97 Å². The standard InChI is InChI=1S/C17H16N4O2S2/c1-9(22)11-5-3-4-6-13(11)19-15(23)10(2)25-17-20-14(18)12-7-8-24-16(12)21-17/h3-8,10H,1-2H3,(H,19,23)(H2,18,20,21). The van der Waals surface area contributed by atoms with Crippen LogP contribution >= 0.6 is 23.1 Å². The summed E-state index contributed by atoms with van der Waals surface area (Å²) >= 11 is 2.70. The minimum atomic E-state index is -0.447. The molecule has 0 saturated carbocycles. The Kier molecular flexibility index (Phi) is 5.00. The molecule has 0 aliphatic rings. The molecule has 0 radical (unpaired) electrons. The van der Waals surface area contributed by atoms with Crippen LogP contribution in [0, 0.1) is 0 Å². The maximum atomic E-state index is 12.5. The second-order valence-electron chi connectivity index (χ2n) is 5.38. The van der Waals surface area contributed by atoms with Crippen molar-refractivity contribution in [2.75, 3.05) is 11.1 Å². The first-order chi connectivity index (χ1) is 12.0. The fraction of sp³-hybridized carbons (Fsp3) is 0.176. The smallest absolute Gasteiger partial charge is 0.237 e. The van der Waals surface area contributed by atoms with E-state index in [0.717, 1.165) is 10.2 Å². The van der Waals surface area contributed by atoms with Crippen molar-refractivity contribution in [2.45, 2.75) is 24.3 Å². The largest absolute Gasteiger partial charge is 0.383 e. The van der Waals surface area contributed by atoms with Gasteiger partial charge in [0.1, 0.15) is 10.6 Å². The number of nitrogens with two attached hydrogens (primary N) is 1. The lowest BCUT2D eigenvalue weighted by atomic mass is 10.1. The van der Waals surface area contributed by atoms with E-state index < -0.39 is 5.25 Å². The van der Waals surface area contributed by atoms with Gasteiger partial charge in [-0.05, 0) is 37.4 Å². The SMILES string of the molecule is CC(=O)c1ccccc1NC(=O)C(C)Sc1nc(N)c2ccsc2n1. The summed E-state index contributed by atoms with van der Waals surface area (Å²) in [7, 11) is 0. The number of thiophene rings is 1. The van der Waals surface area contributed by atoms with Crippen LogP contribution in [0.5, 0.6) is 0 Å². The van der Waals surface area contributed by atoms with Gasteiger partial charge in [0.15, 0.2) is 10.9 Å². The minimum absolute atomic E-state index is 0.101. The number of ketones is 1.